The number of allylic oxidation sites excluding steroid dienone is 4. The van der Waals surface area contributed by atoms with Gasteiger partial charge in [0.15, 0.2) is 0 Å². The number of carbonyl (C=O) groups excluding carboxylic acids is 4. The number of urea groups is 1. The third-order valence-corrected chi connectivity index (χ3v) is 8.00. The molecule has 0 spiro atoms. The Labute approximate surface area is 275 Å². The van der Waals surface area contributed by atoms with Crippen LogP contribution in [0.5, 0.6) is 0 Å². The van der Waals surface area contributed by atoms with Crippen LogP contribution in [0.25, 0.3) is 0 Å². The van der Waals surface area contributed by atoms with E-state index in [0.29, 0.717) is 45.3 Å². The Morgan fingerprint density at radius 1 is 0.935 bits per heavy atom. The molecule has 2 unspecified atom stereocenters. The van der Waals surface area contributed by atoms with Gasteiger partial charge in [-0.3, -0.25) is 9.59 Å². The molecule has 0 heterocycles. The summed E-state index contributed by atoms with van der Waals surface area (Å²) in [6, 6.07) is 9.00. The Bertz CT molecular complexity index is 1200. The molecule has 0 bridgehead atoms. The van der Waals surface area contributed by atoms with E-state index in [2.05, 4.69) is 38.0 Å². The van der Waals surface area contributed by atoms with Gasteiger partial charge in [0.2, 0.25) is 5.91 Å². The molecule has 0 aliphatic heterocycles. The number of nitrogens with one attached hydrogen (secondary N) is 2. The van der Waals surface area contributed by atoms with Gasteiger partial charge in [0.1, 0.15) is 0 Å². The van der Waals surface area contributed by atoms with Gasteiger partial charge in [0.25, 0.3) is 0 Å². The van der Waals surface area contributed by atoms with Crippen LogP contribution in [0.2, 0.25) is 0 Å². The number of anilines is 1. The number of ether oxygens (including phenoxy) is 2. The van der Waals surface area contributed by atoms with Crippen molar-refractivity contribution in [1.29, 1.82) is 0 Å². The highest BCUT2D eigenvalue weighted by molar-refractivity contribution is 5.89. The van der Waals surface area contributed by atoms with Crippen LogP contribution in [0.1, 0.15) is 65.7 Å². The van der Waals surface area contributed by atoms with Gasteiger partial charge >= 0.3 is 18.1 Å². The Morgan fingerprint density at radius 2 is 1.61 bits per heavy atom. The fourth-order valence-electron chi connectivity index (χ4n) is 6.23. The first-order valence-electron chi connectivity index (χ1n) is 16.1. The van der Waals surface area contributed by atoms with Gasteiger partial charge in [-0.05, 0) is 61.0 Å². The number of para-hydroxylation sites is 1. The molecule has 1 fully saturated rings. The van der Waals surface area contributed by atoms with Crippen LogP contribution in [-0.4, -0.2) is 80.7 Å². The van der Waals surface area contributed by atoms with Gasteiger partial charge in [-0.1, -0.05) is 75.9 Å². The van der Waals surface area contributed by atoms with Gasteiger partial charge in [-0.2, -0.15) is 0 Å². The maximum Gasteiger partial charge on any atom is 0.407 e. The van der Waals surface area contributed by atoms with E-state index in [1.165, 1.54) is 0 Å². The SMILES string of the molecule is C=C/C=C\C=C\CC(=O)N(C)CCCOC(=O)CC1CC(C)(C)CC(C)(CNC(=O)OCCCN(C)C(=O)Nc2ccccc2)C1. The molecular weight excluding hydrogens is 584 g/mol. The average Bonchev–Trinajstić information content (AvgIpc) is 2.99. The van der Waals surface area contributed by atoms with Gasteiger partial charge in [0, 0.05) is 52.3 Å². The molecule has 4 amide bonds. The van der Waals surface area contributed by atoms with Crippen LogP contribution in [0.4, 0.5) is 15.3 Å². The van der Waals surface area contributed by atoms with E-state index in [4.69, 9.17) is 9.47 Å². The summed E-state index contributed by atoms with van der Waals surface area (Å²) in [5, 5.41) is 5.74. The number of alkyl carbamates (subject to hydrolysis) is 1. The number of hydrogen-bond donors (Lipinski definition) is 2. The highest BCUT2D eigenvalue weighted by atomic mass is 16.5. The third kappa shape index (κ3) is 15.3. The molecule has 2 rings (SSSR count). The van der Waals surface area contributed by atoms with Crippen LogP contribution >= 0.6 is 0 Å². The number of hydrogen-bond acceptors (Lipinski definition) is 6. The molecule has 0 aromatic heterocycles. The third-order valence-electron chi connectivity index (χ3n) is 8.00. The first kappa shape index (κ1) is 38.1. The van der Waals surface area contributed by atoms with Gasteiger partial charge in [-0.25, -0.2) is 9.59 Å². The smallest absolute Gasteiger partial charge is 0.407 e. The average molecular weight is 639 g/mol. The van der Waals surface area contributed by atoms with Crippen LogP contribution in [0.15, 0.2) is 67.3 Å². The van der Waals surface area contributed by atoms with Crippen molar-refractivity contribution in [2.75, 3.05) is 52.3 Å². The standard InChI is InChI=1S/C36H54N4O6/c1-7-8-9-10-14-19-31(41)39(5)20-15-22-45-32(42)24-29-25-35(2,3)27-36(4,26-29)28-37-34(44)46-23-16-21-40(6)33(43)38-30-17-12-11-13-18-30/h7-14,17-18,29H,1,15-16,19-28H2,2-6H3,(H,37,44)(H,38,43)/b9-8-,14-10+. The van der Waals surface area contributed by atoms with Crippen LogP contribution in [-0.2, 0) is 19.1 Å². The summed E-state index contributed by atoms with van der Waals surface area (Å²) in [5.41, 5.74) is 0.535. The van der Waals surface area contributed by atoms with Crippen LogP contribution < -0.4 is 10.6 Å². The van der Waals surface area contributed by atoms with E-state index < -0.39 is 6.09 Å². The highest BCUT2D eigenvalue weighted by Gasteiger charge is 2.42. The number of nitrogens with zero attached hydrogens (tertiary/aromatic N) is 2. The van der Waals surface area contributed by atoms with Crippen molar-refractivity contribution in [3.8, 4) is 0 Å². The van der Waals surface area contributed by atoms with Crippen molar-refractivity contribution in [2.24, 2.45) is 16.7 Å². The van der Waals surface area contributed by atoms with Gasteiger partial charge < -0.3 is 29.9 Å². The van der Waals surface area contributed by atoms with Crippen molar-refractivity contribution < 1.29 is 28.7 Å². The highest BCUT2D eigenvalue weighted by Crippen LogP contribution is 2.49. The normalized spacial score (nSPS) is 18.9. The predicted octanol–water partition coefficient (Wildman–Crippen LogP) is 6.57. The first-order valence-corrected chi connectivity index (χ1v) is 16.1. The summed E-state index contributed by atoms with van der Waals surface area (Å²) < 4.78 is 10.9. The second kappa shape index (κ2) is 19.4. The van der Waals surface area contributed by atoms with E-state index in [1.807, 2.05) is 42.5 Å². The number of amides is 4. The fourth-order valence-corrected chi connectivity index (χ4v) is 6.23. The molecule has 1 aliphatic rings. The number of rotatable bonds is 17. The monoisotopic (exact) mass is 638 g/mol. The summed E-state index contributed by atoms with van der Waals surface area (Å²) in [4.78, 5) is 52.9. The van der Waals surface area contributed by atoms with Gasteiger partial charge in [-0.15, -0.1) is 0 Å². The van der Waals surface area contributed by atoms with Crippen LogP contribution in [0, 0.1) is 16.7 Å². The minimum Gasteiger partial charge on any atom is -0.466 e. The lowest BCUT2D eigenvalue weighted by atomic mass is 9.60. The summed E-state index contributed by atoms with van der Waals surface area (Å²) in [6.07, 6.45) is 12.7. The van der Waals surface area contributed by atoms with E-state index in [-0.39, 0.29) is 47.9 Å². The Kier molecular flexibility index (Phi) is 16.1. The topological polar surface area (TPSA) is 117 Å². The molecule has 1 aliphatic carbocycles. The molecule has 10 nitrogen and oxygen atoms in total. The van der Waals surface area contributed by atoms with E-state index in [1.54, 1.807) is 42.1 Å². The summed E-state index contributed by atoms with van der Waals surface area (Å²) in [7, 11) is 3.45. The number of carbonyl (C=O) groups is 4. The Balaban J connectivity index is 1.68. The Hall–Kier alpha value is -4.08. The molecule has 254 valence electrons. The lowest BCUT2D eigenvalue weighted by Gasteiger charge is -2.46. The zero-order valence-corrected chi connectivity index (χ0v) is 28.4. The second-order valence-electron chi connectivity index (χ2n) is 13.3. The zero-order chi connectivity index (χ0) is 34.0. The summed E-state index contributed by atoms with van der Waals surface area (Å²) >= 11 is 0. The zero-order valence-electron chi connectivity index (χ0n) is 28.4. The fraction of sp³-hybridized carbons (Fsp3) is 0.556. The van der Waals surface area contributed by atoms with Crippen molar-refractivity contribution >= 4 is 29.7 Å². The molecule has 10 heteroatoms. The second-order valence-corrected chi connectivity index (χ2v) is 13.3. The van der Waals surface area contributed by atoms with Crippen molar-refractivity contribution in [3.05, 3.63) is 67.3 Å². The van der Waals surface area contributed by atoms with E-state index >= 15 is 0 Å². The van der Waals surface area contributed by atoms with E-state index in [0.717, 1.165) is 24.9 Å². The van der Waals surface area contributed by atoms with Crippen LogP contribution in [0.3, 0.4) is 0 Å². The molecule has 1 aromatic carbocycles. The number of benzene rings is 1. The molecular formula is C36H54N4O6. The minimum absolute atomic E-state index is 0.00645. The lowest BCUT2D eigenvalue weighted by Crippen LogP contribution is -2.44. The molecule has 0 radical (unpaired) electrons. The van der Waals surface area contributed by atoms with E-state index in [9.17, 15) is 19.2 Å². The van der Waals surface area contributed by atoms with Crippen molar-refractivity contribution in [2.45, 2.75) is 65.7 Å². The summed E-state index contributed by atoms with van der Waals surface area (Å²) in [6.45, 7) is 12.0. The number of esters is 1. The molecule has 1 saturated carbocycles. The minimum atomic E-state index is -0.485. The molecule has 0 saturated heterocycles. The summed E-state index contributed by atoms with van der Waals surface area (Å²) in [5.74, 6) is -0.0828. The first-order chi connectivity index (χ1) is 21.8. The molecule has 1 aromatic rings. The molecule has 2 atom stereocenters. The van der Waals surface area contributed by atoms with Crippen molar-refractivity contribution in [3.63, 3.8) is 0 Å². The maximum atomic E-state index is 12.7. The van der Waals surface area contributed by atoms with Gasteiger partial charge in [0.05, 0.1) is 13.2 Å². The predicted molar refractivity (Wildman–Crippen MR) is 182 cm³/mol. The maximum absolute atomic E-state index is 12.7. The molecule has 46 heavy (non-hydrogen) atoms. The molecule has 2 N–H and O–H groups in total. The van der Waals surface area contributed by atoms with Crippen molar-refractivity contribution in [1.82, 2.24) is 15.1 Å². The largest absolute Gasteiger partial charge is 0.466 e. The quantitative estimate of drug-likeness (QED) is 0.113. The Morgan fingerprint density at radius 3 is 2.30 bits per heavy atom. The lowest BCUT2D eigenvalue weighted by molar-refractivity contribution is -0.146.